The fraction of sp³-hybridized carbons (Fsp3) is 0.739. The lowest BCUT2D eigenvalue weighted by atomic mass is 9.95. The zero-order valence-corrected chi connectivity index (χ0v) is 22.2. The van der Waals surface area contributed by atoms with Gasteiger partial charge >= 0.3 is 0 Å². The van der Waals surface area contributed by atoms with E-state index in [0.717, 1.165) is 10.5 Å². The van der Waals surface area contributed by atoms with Crippen molar-refractivity contribution in [2.75, 3.05) is 32.9 Å². The molecule has 2 rings (SSSR count). The average molecular weight is 577 g/mol. The van der Waals surface area contributed by atoms with E-state index in [0.29, 0.717) is 0 Å². The number of hydrogen-bond acceptors (Lipinski definition) is 13. The van der Waals surface area contributed by atoms with Crippen LogP contribution in [0.2, 0.25) is 0 Å². The van der Waals surface area contributed by atoms with Crippen molar-refractivity contribution >= 4 is 24.1 Å². The normalized spacial score (nSPS) is 29.8. The summed E-state index contributed by atoms with van der Waals surface area (Å²) >= 11 is 0. The van der Waals surface area contributed by atoms with Crippen LogP contribution in [-0.4, -0.2) is 163 Å². The van der Waals surface area contributed by atoms with Gasteiger partial charge in [0.25, 0.3) is 0 Å². The zero-order valence-electron chi connectivity index (χ0n) is 22.2. The van der Waals surface area contributed by atoms with Crippen LogP contribution >= 0.6 is 0 Å². The number of aliphatic hydroxyl groups is 7. The second kappa shape index (κ2) is 14.8. The van der Waals surface area contributed by atoms with Crippen molar-refractivity contribution in [3.8, 4) is 0 Å². The summed E-state index contributed by atoms with van der Waals surface area (Å²) in [6.07, 6.45) is -8.20. The van der Waals surface area contributed by atoms with Crippen LogP contribution in [0, 0.1) is 5.41 Å². The topological polar surface area (TPSA) is 282 Å². The van der Waals surface area contributed by atoms with Crippen LogP contribution in [0.4, 0.5) is 0 Å². The van der Waals surface area contributed by atoms with Crippen molar-refractivity contribution < 1.29 is 54.9 Å². The van der Waals surface area contributed by atoms with Gasteiger partial charge in [0, 0.05) is 13.1 Å². The van der Waals surface area contributed by atoms with E-state index >= 15 is 0 Å². The standard InChI is InChI=1S/C23H40N6O11/c1-10(2)3-4-28-5-13(29(23(28)25)22-19(37)18(36)17(35)14(9-33)40-22)16(34)15(27-20(38)12(24)8-32)21(39)26-11(6-30)7-31/h3,6,11-19,22,25,31-37H,4-5,7-9,24H2,1-2H3,(H,26,39)(H,27,38)/t11-,12?,13?,14-,15-,16?,17-,18+,19+,22+/m1/s1. The molecule has 2 saturated heterocycles. The van der Waals surface area contributed by atoms with Crippen molar-refractivity contribution in [2.45, 2.75) is 74.8 Å². The quantitative estimate of drug-likeness (QED) is 0.0718. The van der Waals surface area contributed by atoms with Gasteiger partial charge in [-0.2, -0.15) is 0 Å². The maximum absolute atomic E-state index is 13.1. The van der Waals surface area contributed by atoms with E-state index in [9.17, 15) is 50.1 Å². The Bertz CT molecular complexity index is 933. The third kappa shape index (κ3) is 7.50. The van der Waals surface area contributed by atoms with E-state index in [1.807, 2.05) is 13.8 Å². The maximum atomic E-state index is 13.1. The number of nitrogens with two attached hydrogens (primary N) is 1. The molecule has 2 amide bonds. The third-order valence-corrected chi connectivity index (χ3v) is 6.71. The molecule has 228 valence electrons. The van der Waals surface area contributed by atoms with Gasteiger partial charge < -0.3 is 71.4 Å². The fourth-order valence-electron chi connectivity index (χ4n) is 4.33. The van der Waals surface area contributed by atoms with Crippen LogP contribution in [0.3, 0.4) is 0 Å². The summed E-state index contributed by atoms with van der Waals surface area (Å²) in [5.41, 5.74) is 6.44. The third-order valence-electron chi connectivity index (χ3n) is 6.71. The van der Waals surface area contributed by atoms with Crippen LogP contribution in [0.15, 0.2) is 11.6 Å². The number of aldehydes is 1. The Morgan fingerprint density at radius 1 is 1.10 bits per heavy atom. The van der Waals surface area contributed by atoms with Gasteiger partial charge in [0.1, 0.15) is 54.9 Å². The maximum Gasteiger partial charge on any atom is 0.246 e. The molecule has 0 radical (unpaired) electrons. The fourth-order valence-corrected chi connectivity index (χ4v) is 4.33. The summed E-state index contributed by atoms with van der Waals surface area (Å²) in [5, 5.41) is 84.1. The lowest BCUT2D eigenvalue weighted by Crippen LogP contribution is -2.68. The average Bonchev–Trinajstić information content (AvgIpc) is 3.26. The molecule has 2 aliphatic rings. The molecule has 40 heavy (non-hydrogen) atoms. The minimum atomic E-state index is -1.90. The molecule has 0 bridgehead atoms. The molecule has 0 aromatic heterocycles. The number of nitrogens with zero attached hydrogens (tertiary/aromatic N) is 2. The highest BCUT2D eigenvalue weighted by Gasteiger charge is 2.53. The van der Waals surface area contributed by atoms with Crippen molar-refractivity contribution in [3.63, 3.8) is 0 Å². The highest BCUT2D eigenvalue weighted by molar-refractivity contribution is 5.91. The molecule has 3 unspecified atom stereocenters. The molecule has 2 aliphatic heterocycles. The van der Waals surface area contributed by atoms with Gasteiger partial charge in [-0.1, -0.05) is 11.6 Å². The Balaban J connectivity index is 2.52. The predicted octanol–water partition coefficient (Wildman–Crippen LogP) is -6.49. The second-order valence-corrected chi connectivity index (χ2v) is 9.90. The molecule has 0 aliphatic carbocycles. The Kier molecular flexibility index (Phi) is 12.4. The smallest absolute Gasteiger partial charge is 0.246 e. The number of guanidine groups is 1. The monoisotopic (exact) mass is 576 g/mol. The van der Waals surface area contributed by atoms with Crippen molar-refractivity contribution in [1.82, 2.24) is 20.4 Å². The summed E-state index contributed by atoms with van der Waals surface area (Å²) in [4.78, 5) is 39.3. The van der Waals surface area contributed by atoms with Crippen LogP contribution < -0.4 is 16.4 Å². The minimum Gasteiger partial charge on any atom is -0.394 e. The molecule has 2 heterocycles. The predicted molar refractivity (Wildman–Crippen MR) is 136 cm³/mol. The zero-order chi connectivity index (χ0) is 30.3. The molecule has 2 fully saturated rings. The highest BCUT2D eigenvalue weighted by Crippen LogP contribution is 2.30. The first kappa shape index (κ1) is 33.5. The van der Waals surface area contributed by atoms with Gasteiger partial charge in [-0.05, 0) is 13.8 Å². The lowest BCUT2D eigenvalue weighted by Gasteiger charge is -2.46. The molecule has 0 aromatic carbocycles. The Hall–Kier alpha value is -2.74. The second-order valence-electron chi connectivity index (χ2n) is 9.90. The Morgan fingerprint density at radius 3 is 2.27 bits per heavy atom. The summed E-state index contributed by atoms with van der Waals surface area (Å²) in [5.74, 6) is -2.47. The SMILES string of the molecule is CC(C)=CCN1CC(C(O)[C@@H](NC(=O)C(N)CO)C(=O)N[C@H](C=O)CO)N([C@H]2O[C@H](CO)[C@@H](O)[C@H](O)[C@@H]2O)C1=N. The molecule has 0 saturated carbocycles. The van der Waals surface area contributed by atoms with E-state index in [1.165, 1.54) is 4.90 Å². The van der Waals surface area contributed by atoms with Crippen LogP contribution in [0.25, 0.3) is 0 Å². The molecular formula is C23H40N6O11. The molecule has 10 atom stereocenters. The van der Waals surface area contributed by atoms with E-state index in [2.05, 4.69) is 10.6 Å². The molecule has 0 aromatic rings. The van der Waals surface area contributed by atoms with Crippen molar-refractivity contribution in [1.29, 1.82) is 5.41 Å². The number of rotatable bonds is 13. The number of carbonyl (C=O) groups is 3. The number of nitrogens with one attached hydrogen (secondary N) is 3. The van der Waals surface area contributed by atoms with Crippen LogP contribution in [-0.2, 0) is 19.1 Å². The molecular weight excluding hydrogens is 536 g/mol. The molecule has 12 N–H and O–H groups in total. The summed E-state index contributed by atoms with van der Waals surface area (Å²) in [6, 6.07) is -6.03. The van der Waals surface area contributed by atoms with Crippen LogP contribution in [0.1, 0.15) is 13.8 Å². The van der Waals surface area contributed by atoms with Crippen molar-refractivity contribution in [2.24, 2.45) is 5.73 Å². The van der Waals surface area contributed by atoms with Gasteiger partial charge in [0.05, 0.1) is 25.9 Å². The summed E-state index contributed by atoms with van der Waals surface area (Å²) in [6.45, 7) is 1.26. The van der Waals surface area contributed by atoms with E-state index < -0.39 is 92.6 Å². The number of carbonyl (C=O) groups excluding carboxylic acids is 3. The molecule has 17 nitrogen and oxygen atoms in total. The summed E-state index contributed by atoms with van der Waals surface area (Å²) < 4.78 is 5.62. The first-order valence-corrected chi connectivity index (χ1v) is 12.6. The lowest BCUT2D eigenvalue weighted by molar-refractivity contribution is -0.260. The number of amides is 2. The molecule has 17 heteroatoms. The highest BCUT2D eigenvalue weighted by atomic mass is 16.6. The number of ether oxygens (including phenoxy) is 1. The minimum absolute atomic E-state index is 0.147. The summed E-state index contributed by atoms with van der Waals surface area (Å²) in [7, 11) is 0. The van der Waals surface area contributed by atoms with Gasteiger partial charge in [0.15, 0.2) is 12.2 Å². The van der Waals surface area contributed by atoms with Crippen LogP contribution in [0.5, 0.6) is 0 Å². The van der Waals surface area contributed by atoms with E-state index in [-0.39, 0.29) is 25.3 Å². The Labute approximate surface area is 230 Å². The number of aliphatic hydroxyl groups excluding tert-OH is 7. The van der Waals surface area contributed by atoms with Gasteiger partial charge in [-0.15, -0.1) is 0 Å². The Morgan fingerprint density at radius 2 is 1.75 bits per heavy atom. The first-order valence-electron chi connectivity index (χ1n) is 12.6. The van der Waals surface area contributed by atoms with Gasteiger partial charge in [0.2, 0.25) is 11.8 Å². The van der Waals surface area contributed by atoms with E-state index in [4.69, 9.17) is 15.9 Å². The molecule has 0 spiro atoms. The van der Waals surface area contributed by atoms with Gasteiger partial charge in [-0.3, -0.25) is 15.0 Å². The largest absolute Gasteiger partial charge is 0.394 e. The van der Waals surface area contributed by atoms with E-state index in [1.54, 1.807) is 6.08 Å². The van der Waals surface area contributed by atoms with Crippen molar-refractivity contribution in [3.05, 3.63) is 11.6 Å². The number of allylic oxidation sites excluding steroid dienone is 1. The number of hydrogen-bond donors (Lipinski definition) is 11. The first-order chi connectivity index (χ1) is 18.8. The van der Waals surface area contributed by atoms with Gasteiger partial charge in [-0.25, -0.2) is 0 Å².